The molecule has 0 amide bonds. The van der Waals surface area contributed by atoms with Gasteiger partial charge in [0.05, 0.1) is 11.3 Å². The molecule has 28 heavy (non-hydrogen) atoms. The fraction of sp³-hybridized carbons (Fsp3) is 0.400. The molecule has 0 aliphatic heterocycles. The van der Waals surface area contributed by atoms with E-state index < -0.39 is 5.95 Å². The Morgan fingerprint density at radius 3 is 2.86 bits per heavy atom. The number of anilines is 1. The van der Waals surface area contributed by atoms with E-state index >= 15 is 0 Å². The molecule has 0 unspecified atom stereocenters. The van der Waals surface area contributed by atoms with E-state index in [9.17, 15) is 9.18 Å². The van der Waals surface area contributed by atoms with Gasteiger partial charge in [0.1, 0.15) is 11.6 Å². The number of halogens is 1. The Hall–Kier alpha value is -3.03. The highest BCUT2D eigenvalue weighted by Gasteiger charge is 2.28. The number of pyridine rings is 1. The Kier molecular flexibility index (Phi) is 5.31. The molecular weight excluding hydrogens is 359 g/mol. The number of hydrogen-bond acceptors (Lipinski definition) is 6. The first-order valence-corrected chi connectivity index (χ1v) is 9.18. The summed E-state index contributed by atoms with van der Waals surface area (Å²) in [7, 11) is 0. The summed E-state index contributed by atoms with van der Waals surface area (Å²) in [5, 5.41) is 11.4. The zero-order chi connectivity index (χ0) is 20.5. The van der Waals surface area contributed by atoms with Crippen LogP contribution in [0.4, 0.5) is 10.2 Å². The molecule has 0 spiro atoms. The molecule has 1 aliphatic rings. The summed E-state index contributed by atoms with van der Waals surface area (Å²) >= 11 is 0. The first kappa shape index (κ1) is 19.7. The fourth-order valence-electron chi connectivity index (χ4n) is 3.35. The molecule has 0 fully saturated rings. The highest BCUT2D eigenvalue weighted by Crippen LogP contribution is 2.37. The summed E-state index contributed by atoms with van der Waals surface area (Å²) in [5.74, 6) is 0.0703. The van der Waals surface area contributed by atoms with Gasteiger partial charge < -0.3 is 16.0 Å². The van der Waals surface area contributed by atoms with Gasteiger partial charge in [-0.1, -0.05) is 13.8 Å². The van der Waals surface area contributed by atoms with Crippen molar-refractivity contribution in [3.05, 3.63) is 62.9 Å². The van der Waals surface area contributed by atoms with Crippen LogP contribution < -0.4 is 16.6 Å². The molecule has 3 rings (SSSR count). The molecule has 2 heterocycles. The lowest BCUT2D eigenvalue weighted by atomic mass is 9.75. The molecule has 5 N–H and O–H groups in total. The summed E-state index contributed by atoms with van der Waals surface area (Å²) in [4.78, 5) is 22.4. The summed E-state index contributed by atoms with van der Waals surface area (Å²) in [6, 6.07) is 2.83. The van der Waals surface area contributed by atoms with Gasteiger partial charge in [-0.15, -0.1) is 0 Å². The van der Waals surface area contributed by atoms with Crippen molar-refractivity contribution in [3.8, 4) is 0 Å². The Morgan fingerprint density at radius 1 is 1.43 bits per heavy atom. The van der Waals surface area contributed by atoms with Gasteiger partial charge in [0.2, 0.25) is 5.95 Å². The van der Waals surface area contributed by atoms with Crippen molar-refractivity contribution in [2.75, 3.05) is 5.32 Å². The van der Waals surface area contributed by atoms with Gasteiger partial charge >= 0.3 is 0 Å². The molecule has 2 aromatic heterocycles. The lowest BCUT2D eigenvalue weighted by Crippen LogP contribution is -2.25. The van der Waals surface area contributed by atoms with Gasteiger partial charge in [0.25, 0.3) is 5.56 Å². The maximum absolute atomic E-state index is 14.1. The summed E-state index contributed by atoms with van der Waals surface area (Å²) < 4.78 is 14.1. The molecule has 0 radical (unpaired) electrons. The van der Waals surface area contributed by atoms with E-state index in [2.05, 4.69) is 34.1 Å². The van der Waals surface area contributed by atoms with E-state index in [0.717, 1.165) is 12.0 Å². The van der Waals surface area contributed by atoms with Crippen LogP contribution in [0.3, 0.4) is 0 Å². The molecule has 7 nitrogen and oxygen atoms in total. The maximum Gasteiger partial charge on any atom is 0.255 e. The quantitative estimate of drug-likeness (QED) is 0.466. The number of allylic oxidation sites excluding steroid dienone is 2. The molecule has 0 atom stereocenters. The van der Waals surface area contributed by atoms with Crippen LogP contribution in [0.1, 0.15) is 50.1 Å². The third-order valence-corrected chi connectivity index (χ3v) is 4.95. The predicted octanol–water partition coefficient (Wildman–Crippen LogP) is 3.02. The Morgan fingerprint density at radius 2 is 2.18 bits per heavy atom. The van der Waals surface area contributed by atoms with Crippen LogP contribution in [0, 0.1) is 23.7 Å². The van der Waals surface area contributed by atoms with E-state index in [-0.39, 0.29) is 29.0 Å². The highest BCUT2D eigenvalue weighted by molar-refractivity contribution is 6.11. The van der Waals surface area contributed by atoms with Gasteiger partial charge in [-0.3, -0.25) is 10.2 Å². The maximum atomic E-state index is 14.1. The average molecular weight is 384 g/mol. The Balaban J connectivity index is 1.81. The third-order valence-electron chi connectivity index (χ3n) is 4.95. The minimum absolute atomic E-state index is 0.110. The number of aromatic amines is 1. The molecule has 2 aromatic rings. The van der Waals surface area contributed by atoms with E-state index in [1.807, 2.05) is 0 Å². The Bertz CT molecular complexity index is 1010. The van der Waals surface area contributed by atoms with Gasteiger partial charge in [0.15, 0.2) is 0 Å². The SMILES string of the molecule is Cc1ncc(CNc2cc(C(=N)C3=C(N)CC(C)(C)CC3)cc(F)n2)c(=O)[nH]1. The second-order valence-corrected chi connectivity index (χ2v) is 7.96. The second-order valence-electron chi connectivity index (χ2n) is 7.96. The van der Waals surface area contributed by atoms with Crippen LogP contribution in [-0.2, 0) is 6.54 Å². The van der Waals surface area contributed by atoms with Crippen LogP contribution in [0.2, 0.25) is 0 Å². The fourth-order valence-corrected chi connectivity index (χ4v) is 3.35. The van der Waals surface area contributed by atoms with E-state index in [1.165, 1.54) is 12.3 Å². The molecule has 0 saturated carbocycles. The van der Waals surface area contributed by atoms with E-state index in [4.69, 9.17) is 11.1 Å². The first-order valence-electron chi connectivity index (χ1n) is 9.18. The number of rotatable bonds is 5. The van der Waals surface area contributed by atoms with Gasteiger partial charge in [-0.05, 0) is 43.2 Å². The lowest BCUT2D eigenvalue weighted by molar-refractivity contribution is 0.315. The van der Waals surface area contributed by atoms with Crippen molar-refractivity contribution < 1.29 is 4.39 Å². The predicted molar refractivity (Wildman–Crippen MR) is 107 cm³/mol. The summed E-state index contributed by atoms with van der Waals surface area (Å²) in [5.41, 5.74) is 8.53. The molecule has 0 saturated heterocycles. The molecule has 1 aliphatic carbocycles. The topological polar surface area (TPSA) is 121 Å². The summed E-state index contributed by atoms with van der Waals surface area (Å²) in [6.07, 6.45) is 3.80. The summed E-state index contributed by atoms with van der Waals surface area (Å²) in [6.45, 7) is 6.13. The monoisotopic (exact) mass is 384 g/mol. The zero-order valence-electron chi connectivity index (χ0n) is 16.3. The third kappa shape index (κ3) is 4.44. The first-order chi connectivity index (χ1) is 13.1. The van der Waals surface area contributed by atoms with Crippen molar-refractivity contribution in [1.82, 2.24) is 15.0 Å². The van der Waals surface area contributed by atoms with Crippen LogP contribution in [-0.4, -0.2) is 20.7 Å². The normalized spacial score (nSPS) is 16.1. The van der Waals surface area contributed by atoms with Crippen LogP contribution in [0.25, 0.3) is 0 Å². The largest absolute Gasteiger partial charge is 0.402 e. The number of aryl methyl sites for hydroxylation is 1. The van der Waals surface area contributed by atoms with Gasteiger partial charge in [-0.2, -0.15) is 4.39 Å². The number of nitrogens with two attached hydrogens (primary N) is 1. The standard InChI is InChI=1S/C20H25FN6O/c1-11-24-9-13(19(28)26-11)10-25-17-7-12(6-16(21)27-17)18(23)14-4-5-20(2,3)8-15(14)22/h6-7,9,23H,4-5,8,10,22H2,1-3H3,(H,25,27)(H,24,26,28). The minimum Gasteiger partial charge on any atom is -0.402 e. The molecule has 0 bridgehead atoms. The van der Waals surface area contributed by atoms with Crippen LogP contribution >= 0.6 is 0 Å². The number of nitrogens with one attached hydrogen (secondary N) is 3. The number of nitrogens with zero attached hydrogens (tertiary/aromatic N) is 2. The minimum atomic E-state index is -0.698. The van der Waals surface area contributed by atoms with Crippen LogP contribution in [0.5, 0.6) is 0 Å². The van der Waals surface area contributed by atoms with Crippen molar-refractivity contribution in [1.29, 1.82) is 5.41 Å². The lowest BCUT2D eigenvalue weighted by Gasteiger charge is -2.31. The molecular formula is C20H25FN6O. The average Bonchev–Trinajstić information content (AvgIpc) is 2.59. The van der Waals surface area contributed by atoms with E-state index in [1.54, 1.807) is 13.0 Å². The molecule has 0 aromatic carbocycles. The number of aromatic nitrogens is 3. The van der Waals surface area contributed by atoms with Crippen molar-refractivity contribution in [2.45, 2.75) is 46.6 Å². The second kappa shape index (κ2) is 7.53. The Labute approximate surface area is 162 Å². The van der Waals surface area contributed by atoms with Gasteiger partial charge in [0, 0.05) is 30.1 Å². The zero-order valence-corrected chi connectivity index (χ0v) is 16.3. The number of H-pyrrole nitrogens is 1. The van der Waals surface area contributed by atoms with Crippen molar-refractivity contribution in [3.63, 3.8) is 0 Å². The van der Waals surface area contributed by atoms with Crippen molar-refractivity contribution >= 4 is 11.5 Å². The molecule has 148 valence electrons. The van der Waals surface area contributed by atoms with E-state index in [0.29, 0.717) is 35.5 Å². The molecule has 8 heteroatoms. The van der Waals surface area contributed by atoms with Gasteiger partial charge in [-0.25, -0.2) is 9.97 Å². The van der Waals surface area contributed by atoms with Crippen LogP contribution in [0.15, 0.2) is 34.4 Å². The number of hydrogen-bond donors (Lipinski definition) is 4. The smallest absolute Gasteiger partial charge is 0.255 e. The highest BCUT2D eigenvalue weighted by atomic mass is 19.1. The van der Waals surface area contributed by atoms with Crippen molar-refractivity contribution in [2.24, 2.45) is 11.1 Å².